The monoisotopic (exact) mass is 499 g/mol. The van der Waals surface area contributed by atoms with Gasteiger partial charge in [0, 0.05) is 60.1 Å². The second-order valence-electron chi connectivity index (χ2n) is 9.33. The van der Waals surface area contributed by atoms with Gasteiger partial charge in [0.2, 0.25) is 5.95 Å². The van der Waals surface area contributed by atoms with Crippen molar-refractivity contribution in [3.63, 3.8) is 0 Å². The molecule has 7 nitrogen and oxygen atoms in total. The minimum atomic E-state index is -3.42. The van der Waals surface area contributed by atoms with Gasteiger partial charge in [0.15, 0.2) is 9.84 Å². The first-order chi connectivity index (χ1) is 16.1. The van der Waals surface area contributed by atoms with E-state index in [4.69, 9.17) is 4.98 Å². The van der Waals surface area contributed by atoms with Crippen LogP contribution in [0.5, 0.6) is 0 Å². The molecular formula is C25H33N5O2S2. The number of thiazole rings is 1. The summed E-state index contributed by atoms with van der Waals surface area (Å²) in [7, 11) is -3.42. The van der Waals surface area contributed by atoms with Crippen molar-refractivity contribution in [2.45, 2.75) is 52.0 Å². The van der Waals surface area contributed by atoms with Gasteiger partial charge in [0.25, 0.3) is 0 Å². The highest BCUT2D eigenvalue weighted by molar-refractivity contribution is 7.90. The Morgan fingerprint density at radius 1 is 1.18 bits per heavy atom. The zero-order valence-electron chi connectivity index (χ0n) is 20.7. The fourth-order valence-corrected chi connectivity index (χ4v) is 6.30. The third-order valence-electron chi connectivity index (χ3n) is 6.47. The van der Waals surface area contributed by atoms with E-state index < -0.39 is 9.84 Å². The van der Waals surface area contributed by atoms with Crippen molar-refractivity contribution in [1.29, 1.82) is 0 Å². The number of nitrogens with zero attached hydrogens (tertiary/aromatic N) is 5. The number of aryl methyl sites for hydroxylation is 3. The highest BCUT2D eigenvalue weighted by Gasteiger charge is 2.32. The molecule has 4 rings (SSSR count). The molecule has 2 aromatic heterocycles. The molecule has 3 aromatic rings. The van der Waals surface area contributed by atoms with Gasteiger partial charge < -0.3 is 9.80 Å². The van der Waals surface area contributed by atoms with Crippen LogP contribution in [0.25, 0.3) is 10.6 Å². The lowest BCUT2D eigenvalue weighted by molar-refractivity contribution is 0.413. The van der Waals surface area contributed by atoms with Crippen LogP contribution in [-0.4, -0.2) is 55.3 Å². The van der Waals surface area contributed by atoms with Crippen molar-refractivity contribution >= 4 is 32.8 Å². The lowest BCUT2D eigenvalue weighted by Crippen LogP contribution is -2.56. The average Bonchev–Trinajstić information content (AvgIpc) is 3.23. The molecule has 0 N–H and O–H groups in total. The van der Waals surface area contributed by atoms with E-state index in [1.165, 1.54) is 23.2 Å². The van der Waals surface area contributed by atoms with Gasteiger partial charge in [-0.3, -0.25) is 0 Å². The van der Waals surface area contributed by atoms with Gasteiger partial charge in [0.1, 0.15) is 5.01 Å². The summed E-state index contributed by atoms with van der Waals surface area (Å²) in [6.45, 7) is 12.8. The molecule has 0 radical (unpaired) electrons. The van der Waals surface area contributed by atoms with E-state index in [1.807, 2.05) is 43.6 Å². The molecule has 182 valence electrons. The summed E-state index contributed by atoms with van der Waals surface area (Å²) in [4.78, 5) is 18.9. The Kier molecular flexibility index (Phi) is 6.96. The predicted octanol–water partition coefficient (Wildman–Crippen LogP) is 4.53. The van der Waals surface area contributed by atoms with Gasteiger partial charge in [-0.25, -0.2) is 23.4 Å². The molecule has 0 saturated carbocycles. The predicted molar refractivity (Wildman–Crippen MR) is 140 cm³/mol. The number of hydrogen-bond donors (Lipinski definition) is 0. The minimum absolute atomic E-state index is 0.212. The Morgan fingerprint density at radius 2 is 1.94 bits per heavy atom. The Hall–Kier alpha value is -2.52. The molecule has 1 aliphatic rings. The summed E-state index contributed by atoms with van der Waals surface area (Å²) >= 11 is 1.47. The minimum Gasteiger partial charge on any atom is -0.368 e. The molecular weight excluding hydrogens is 466 g/mol. The summed E-state index contributed by atoms with van der Waals surface area (Å²) in [6, 6.07) is 5.94. The van der Waals surface area contributed by atoms with Gasteiger partial charge in [-0.2, -0.15) is 0 Å². The number of hydrogen-bond acceptors (Lipinski definition) is 8. The molecule has 0 amide bonds. The van der Waals surface area contributed by atoms with Crippen LogP contribution in [0.2, 0.25) is 0 Å². The van der Waals surface area contributed by atoms with Crippen LogP contribution >= 0.6 is 11.3 Å². The van der Waals surface area contributed by atoms with Gasteiger partial charge in [-0.05, 0) is 49.9 Å². The zero-order valence-corrected chi connectivity index (χ0v) is 22.4. The molecule has 0 aliphatic carbocycles. The fourth-order valence-electron chi connectivity index (χ4n) is 4.50. The van der Waals surface area contributed by atoms with Crippen LogP contribution in [0.3, 0.4) is 0 Å². The molecule has 34 heavy (non-hydrogen) atoms. The van der Waals surface area contributed by atoms with Crippen molar-refractivity contribution < 1.29 is 8.42 Å². The normalized spacial score (nSPS) is 17.0. The quantitative estimate of drug-likeness (QED) is 0.493. The first kappa shape index (κ1) is 24.6. The molecule has 3 heterocycles. The van der Waals surface area contributed by atoms with Crippen molar-refractivity contribution in [3.8, 4) is 10.6 Å². The molecule has 0 bridgehead atoms. The Bertz CT molecular complexity index is 1290. The van der Waals surface area contributed by atoms with Crippen molar-refractivity contribution in [1.82, 2.24) is 15.0 Å². The van der Waals surface area contributed by atoms with Crippen LogP contribution in [0.15, 0.2) is 34.7 Å². The first-order valence-corrected chi connectivity index (χ1v) is 14.5. The summed E-state index contributed by atoms with van der Waals surface area (Å²) in [6.07, 6.45) is 4.14. The lowest BCUT2D eigenvalue weighted by Gasteiger charge is -2.44. The second kappa shape index (κ2) is 9.62. The fraction of sp³-hybridized carbons (Fsp3) is 0.480. The average molecular weight is 500 g/mol. The van der Waals surface area contributed by atoms with Crippen LogP contribution in [0, 0.1) is 19.8 Å². The third kappa shape index (κ3) is 4.95. The Labute approximate surface area is 206 Å². The molecule has 0 spiro atoms. The standard InChI is InChI=1S/C25H33N5O2S2/c1-7-19-13-26-25(28-18(19)5)30-11-10-29(14-22(30)16(2)3)20-8-9-21(23(12-20)34(6,31)32)24-27-17(4)15-33-24/h8-9,12-13,15-16,22H,7,10-11,14H2,1-6H3/t22-/m0/s1. The van der Waals surface area contributed by atoms with E-state index in [2.05, 4.69) is 40.5 Å². The Balaban J connectivity index is 1.65. The number of anilines is 2. The molecule has 1 aliphatic heterocycles. The topological polar surface area (TPSA) is 79.3 Å². The Morgan fingerprint density at radius 3 is 2.53 bits per heavy atom. The molecule has 1 saturated heterocycles. The smallest absolute Gasteiger partial charge is 0.225 e. The summed E-state index contributed by atoms with van der Waals surface area (Å²) < 4.78 is 25.4. The van der Waals surface area contributed by atoms with Gasteiger partial charge in [-0.15, -0.1) is 11.3 Å². The van der Waals surface area contributed by atoms with Crippen molar-refractivity contribution in [2.24, 2.45) is 5.92 Å². The highest BCUT2D eigenvalue weighted by Crippen LogP contribution is 2.34. The molecule has 1 fully saturated rings. The van der Waals surface area contributed by atoms with Crippen molar-refractivity contribution in [2.75, 3.05) is 35.7 Å². The first-order valence-electron chi connectivity index (χ1n) is 11.7. The van der Waals surface area contributed by atoms with Crippen LogP contribution in [0.1, 0.15) is 37.7 Å². The van der Waals surface area contributed by atoms with Crippen molar-refractivity contribution in [3.05, 3.63) is 46.7 Å². The number of rotatable bonds is 6. The van der Waals surface area contributed by atoms with E-state index in [9.17, 15) is 8.42 Å². The zero-order chi connectivity index (χ0) is 24.6. The van der Waals surface area contributed by atoms with Crippen LogP contribution < -0.4 is 9.80 Å². The second-order valence-corrected chi connectivity index (χ2v) is 12.2. The summed E-state index contributed by atoms with van der Waals surface area (Å²) in [5.74, 6) is 1.16. The molecule has 1 aromatic carbocycles. The van der Waals surface area contributed by atoms with Crippen LogP contribution in [0.4, 0.5) is 11.6 Å². The third-order valence-corrected chi connectivity index (χ3v) is 8.60. The van der Waals surface area contributed by atoms with E-state index in [0.717, 1.165) is 54.1 Å². The molecule has 1 atom stereocenters. The number of sulfone groups is 1. The highest BCUT2D eigenvalue weighted by atomic mass is 32.2. The van der Waals surface area contributed by atoms with E-state index in [-0.39, 0.29) is 6.04 Å². The van der Waals surface area contributed by atoms with Crippen LogP contribution in [-0.2, 0) is 16.3 Å². The SMILES string of the molecule is CCc1cnc(N2CCN(c3ccc(-c4nc(C)cs4)c(S(C)(=O)=O)c3)C[C@H]2C(C)C)nc1C. The maximum atomic E-state index is 12.7. The van der Waals surface area contributed by atoms with E-state index in [0.29, 0.717) is 16.4 Å². The summed E-state index contributed by atoms with van der Waals surface area (Å²) in [5.41, 5.74) is 4.68. The van der Waals surface area contributed by atoms with Gasteiger partial charge in [0.05, 0.1) is 10.9 Å². The lowest BCUT2D eigenvalue weighted by atomic mass is 9.99. The molecule has 9 heteroatoms. The summed E-state index contributed by atoms with van der Waals surface area (Å²) in [5, 5.41) is 2.68. The van der Waals surface area contributed by atoms with Gasteiger partial charge >= 0.3 is 0 Å². The van der Waals surface area contributed by atoms with E-state index in [1.54, 1.807) is 0 Å². The number of piperazine rings is 1. The largest absolute Gasteiger partial charge is 0.368 e. The number of benzene rings is 1. The van der Waals surface area contributed by atoms with Gasteiger partial charge in [-0.1, -0.05) is 20.8 Å². The maximum Gasteiger partial charge on any atom is 0.225 e. The molecule has 0 unspecified atom stereocenters. The maximum absolute atomic E-state index is 12.7. The number of aromatic nitrogens is 3. The van der Waals surface area contributed by atoms with E-state index >= 15 is 0 Å².